The zero-order chi connectivity index (χ0) is 17.1. The number of ether oxygens (including phenoxy) is 1. The largest absolute Gasteiger partial charge is 0.497 e. The number of aliphatic hydroxyl groups excluding tert-OH is 1. The molecule has 0 saturated heterocycles. The standard InChI is InChI=1S/C18H20BrN3O2/c1-22(10-12-3-4-13-9-20-21-17(13)7-12)18(11-23)15-8-14(24-2)5-6-16(15)19/h3-9,18,23H,10-11H2,1-2H3,(H,20,21). The van der Waals surface area contributed by atoms with Crippen LogP contribution in [0.5, 0.6) is 5.75 Å². The zero-order valence-electron chi connectivity index (χ0n) is 13.7. The number of nitrogens with one attached hydrogen (secondary N) is 1. The van der Waals surface area contributed by atoms with Crippen molar-refractivity contribution in [2.45, 2.75) is 12.6 Å². The first-order chi connectivity index (χ1) is 11.6. The highest BCUT2D eigenvalue weighted by atomic mass is 79.9. The van der Waals surface area contributed by atoms with E-state index in [-0.39, 0.29) is 12.6 Å². The first kappa shape index (κ1) is 17.0. The minimum absolute atomic E-state index is 0.0224. The fourth-order valence-corrected chi connectivity index (χ4v) is 3.37. The van der Waals surface area contributed by atoms with Gasteiger partial charge in [-0.15, -0.1) is 0 Å². The van der Waals surface area contributed by atoms with Crippen molar-refractivity contribution in [3.63, 3.8) is 0 Å². The third-order valence-electron chi connectivity index (χ3n) is 4.21. The molecule has 0 amide bonds. The summed E-state index contributed by atoms with van der Waals surface area (Å²) in [6, 6.07) is 11.9. The van der Waals surface area contributed by atoms with Crippen molar-refractivity contribution in [2.75, 3.05) is 20.8 Å². The molecule has 24 heavy (non-hydrogen) atoms. The van der Waals surface area contributed by atoms with Gasteiger partial charge in [0.1, 0.15) is 5.75 Å². The molecule has 2 N–H and O–H groups in total. The topological polar surface area (TPSA) is 61.4 Å². The van der Waals surface area contributed by atoms with Crippen LogP contribution in [-0.4, -0.2) is 41.0 Å². The molecule has 0 spiro atoms. The molecule has 0 aliphatic rings. The summed E-state index contributed by atoms with van der Waals surface area (Å²) in [7, 11) is 3.65. The smallest absolute Gasteiger partial charge is 0.119 e. The van der Waals surface area contributed by atoms with Gasteiger partial charge in [0, 0.05) is 16.4 Å². The first-order valence-corrected chi connectivity index (χ1v) is 8.48. The second kappa shape index (κ2) is 7.34. The number of likely N-dealkylation sites (N-methyl/N-ethyl adjacent to an activating group) is 1. The second-order valence-electron chi connectivity index (χ2n) is 5.79. The van der Waals surface area contributed by atoms with Gasteiger partial charge in [0.05, 0.1) is 31.5 Å². The number of halogens is 1. The van der Waals surface area contributed by atoms with Gasteiger partial charge < -0.3 is 9.84 Å². The van der Waals surface area contributed by atoms with Crippen molar-refractivity contribution >= 4 is 26.8 Å². The van der Waals surface area contributed by atoms with Gasteiger partial charge in [0.15, 0.2) is 0 Å². The monoisotopic (exact) mass is 389 g/mol. The fourth-order valence-electron chi connectivity index (χ4n) is 2.86. The highest BCUT2D eigenvalue weighted by Gasteiger charge is 2.20. The van der Waals surface area contributed by atoms with E-state index >= 15 is 0 Å². The lowest BCUT2D eigenvalue weighted by Crippen LogP contribution is -2.27. The molecule has 6 heteroatoms. The van der Waals surface area contributed by atoms with E-state index in [0.29, 0.717) is 6.54 Å². The van der Waals surface area contributed by atoms with E-state index < -0.39 is 0 Å². The fraction of sp³-hybridized carbons (Fsp3) is 0.278. The Morgan fingerprint density at radius 2 is 2.12 bits per heavy atom. The van der Waals surface area contributed by atoms with Gasteiger partial charge in [-0.05, 0) is 42.4 Å². The lowest BCUT2D eigenvalue weighted by Gasteiger charge is -2.28. The average molecular weight is 390 g/mol. The molecule has 1 aromatic heterocycles. The molecular formula is C18H20BrN3O2. The molecule has 3 rings (SSSR count). The molecule has 0 aliphatic heterocycles. The molecule has 0 fully saturated rings. The summed E-state index contributed by atoms with van der Waals surface area (Å²) in [6.07, 6.45) is 1.81. The van der Waals surface area contributed by atoms with E-state index in [1.54, 1.807) is 7.11 Å². The number of methoxy groups -OCH3 is 1. The summed E-state index contributed by atoms with van der Waals surface area (Å²) in [5.41, 5.74) is 3.18. The van der Waals surface area contributed by atoms with Gasteiger partial charge in [0.25, 0.3) is 0 Å². The van der Waals surface area contributed by atoms with E-state index in [1.165, 1.54) is 0 Å². The number of rotatable bonds is 6. The Balaban J connectivity index is 1.84. The maximum absolute atomic E-state index is 9.94. The maximum atomic E-state index is 9.94. The molecule has 5 nitrogen and oxygen atoms in total. The molecule has 0 aliphatic carbocycles. The maximum Gasteiger partial charge on any atom is 0.119 e. The summed E-state index contributed by atoms with van der Waals surface area (Å²) in [6.45, 7) is 0.735. The third-order valence-corrected chi connectivity index (χ3v) is 4.93. The Morgan fingerprint density at radius 1 is 1.29 bits per heavy atom. The summed E-state index contributed by atoms with van der Waals surface area (Å²) in [5, 5.41) is 18.1. The summed E-state index contributed by atoms with van der Waals surface area (Å²) < 4.78 is 6.27. The van der Waals surface area contributed by atoms with E-state index in [1.807, 2.05) is 31.4 Å². The Kier molecular flexibility index (Phi) is 5.18. The van der Waals surface area contributed by atoms with E-state index in [4.69, 9.17) is 4.74 Å². The molecule has 1 heterocycles. The molecule has 0 radical (unpaired) electrons. The van der Waals surface area contributed by atoms with Crippen LogP contribution in [0.1, 0.15) is 17.2 Å². The van der Waals surface area contributed by atoms with Gasteiger partial charge in [-0.1, -0.05) is 28.1 Å². The van der Waals surface area contributed by atoms with Gasteiger partial charge in [-0.3, -0.25) is 10.00 Å². The SMILES string of the molecule is COc1ccc(Br)c(C(CO)N(C)Cc2ccc3cn[nH]c3c2)c1. The molecule has 0 saturated carbocycles. The van der Waals surface area contributed by atoms with Crippen molar-refractivity contribution in [1.29, 1.82) is 0 Å². The second-order valence-corrected chi connectivity index (χ2v) is 6.65. The van der Waals surface area contributed by atoms with Crippen LogP contribution >= 0.6 is 15.9 Å². The van der Waals surface area contributed by atoms with Gasteiger partial charge in [0.2, 0.25) is 0 Å². The zero-order valence-corrected chi connectivity index (χ0v) is 15.2. The van der Waals surface area contributed by atoms with Crippen LogP contribution in [0.3, 0.4) is 0 Å². The van der Waals surface area contributed by atoms with Crippen LogP contribution in [0.2, 0.25) is 0 Å². The van der Waals surface area contributed by atoms with Crippen molar-refractivity contribution in [3.8, 4) is 5.75 Å². The van der Waals surface area contributed by atoms with E-state index in [0.717, 1.165) is 32.3 Å². The Morgan fingerprint density at radius 3 is 2.88 bits per heavy atom. The van der Waals surface area contributed by atoms with Crippen LogP contribution in [0, 0.1) is 0 Å². The van der Waals surface area contributed by atoms with Crippen LogP contribution in [-0.2, 0) is 6.54 Å². The predicted octanol–water partition coefficient (Wildman–Crippen LogP) is 3.50. The van der Waals surface area contributed by atoms with E-state index in [9.17, 15) is 5.11 Å². The van der Waals surface area contributed by atoms with Gasteiger partial charge >= 0.3 is 0 Å². The number of nitrogens with zero attached hydrogens (tertiary/aromatic N) is 2. The molecule has 1 unspecified atom stereocenters. The van der Waals surface area contributed by atoms with Crippen molar-refractivity contribution in [1.82, 2.24) is 15.1 Å². The molecule has 2 aromatic carbocycles. The van der Waals surface area contributed by atoms with Crippen molar-refractivity contribution in [2.24, 2.45) is 0 Å². The van der Waals surface area contributed by atoms with Crippen LogP contribution in [0.25, 0.3) is 10.9 Å². The van der Waals surface area contributed by atoms with Gasteiger partial charge in [-0.25, -0.2) is 0 Å². The quantitative estimate of drug-likeness (QED) is 0.677. The number of hydrogen-bond acceptors (Lipinski definition) is 4. The third kappa shape index (κ3) is 3.45. The molecule has 3 aromatic rings. The number of H-pyrrole nitrogens is 1. The number of benzene rings is 2. The van der Waals surface area contributed by atoms with Crippen molar-refractivity contribution in [3.05, 3.63) is 58.2 Å². The minimum Gasteiger partial charge on any atom is -0.497 e. The summed E-state index contributed by atoms with van der Waals surface area (Å²) in [5.74, 6) is 0.777. The summed E-state index contributed by atoms with van der Waals surface area (Å²) in [4.78, 5) is 2.12. The number of aromatic nitrogens is 2. The highest BCUT2D eigenvalue weighted by molar-refractivity contribution is 9.10. The predicted molar refractivity (Wildman–Crippen MR) is 98.1 cm³/mol. The van der Waals surface area contributed by atoms with Crippen molar-refractivity contribution < 1.29 is 9.84 Å². The highest BCUT2D eigenvalue weighted by Crippen LogP contribution is 2.31. The minimum atomic E-state index is -0.132. The number of aliphatic hydroxyl groups is 1. The molecule has 126 valence electrons. The number of fused-ring (bicyclic) bond motifs is 1. The Labute approximate surface area is 149 Å². The lowest BCUT2D eigenvalue weighted by molar-refractivity contribution is 0.142. The van der Waals surface area contributed by atoms with Gasteiger partial charge in [-0.2, -0.15) is 5.10 Å². The van der Waals surface area contributed by atoms with Crippen LogP contribution in [0.15, 0.2) is 47.1 Å². The summed E-state index contributed by atoms with van der Waals surface area (Å²) >= 11 is 3.58. The number of hydrogen-bond donors (Lipinski definition) is 2. The first-order valence-electron chi connectivity index (χ1n) is 7.69. The van der Waals surface area contributed by atoms with Crippen LogP contribution in [0.4, 0.5) is 0 Å². The Bertz CT molecular complexity index is 834. The molecule has 1 atom stereocenters. The van der Waals surface area contributed by atoms with Crippen LogP contribution < -0.4 is 4.74 Å². The average Bonchev–Trinajstić information content (AvgIpc) is 3.05. The molecule has 0 bridgehead atoms. The van der Waals surface area contributed by atoms with E-state index in [2.05, 4.69) is 49.2 Å². The normalized spacial score (nSPS) is 12.7. The number of aromatic amines is 1. The Hall–Kier alpha value is -1.89. The lowest BCUT2D eigenvalue weighted by atomic mass is 10.0. The molecular weight excluding hydrogens is 370 g/mol.